The highest BCUT2D eigenvalue weighted by Crippen LogP contribution is 2.10. The maximum Gasteiger partial charge on any atom is 0.307 e. The predicted molar refractivity (Wildman–Crippen MR) is 59.9 cm³/mol. The van der Waals surface area contributed by atoms with Crippen LogP contribution < -0.4 is 5.73 Å². The zero-order valence-corrected chi connectivity index (χ0v) is 10.2. The fourth-order valence-electron chi connectivity index (χ4n) is 1.21. The number of carboxylic acids is 1. The summed E-state index contributed by atoms with van der Waals surface area (Å²) in [5.74, 6) is -1.18. The molecule has 5 nitrogen and oxygen atoms in total. The van der Waals surface area contributed by atoms with Gasteiger partial charge in [0.1, 0.15) is 5.60 Å². The molecule has 0 spiro atoms. The van der Waals surface area contributed by atoms with Crippen molar-refractivity contribution in [1.29, 1.82) is 0 Å². The van der Waals surface area contributed by atoms with Gasteiger partial charge in [0.15, 0.2) is 0 Å². The van der Waals surface area contributed by atoms with Gasteiger partial charge in [-0.3, -0.25) is 9.59 Å². The number of carbonyl (C=O) groups is 2. The number of aliphatic carboxylic acids is 1. The molecule has 0 aromatic heterocycles. The number of ether oxygens (including phenoxy) is 1. The second-order valence-electron chi connectivity index (χ2n) is 4.84. The maximum absolute atomic E-state index is 11.3. The maximum atomic E-state index is 11.3. The van der Waals surface area contributed by atoms with Gasteiger partial charge in [0, 0.05) is 12.5 Å². The molecule has 0 amide bonds. The number of rotatable bonds is 6. The van der Waals surface area contributed by atoms with E-state index in [0.717, 1.165) is 0 Å². The molecule has 5 heteroatoms. The quantitative estimate of drug-likeness (QED) is 0.672. The van der Waals surface area contributed by atoms with E-state index in [1.54, 1.807) is 20.8 Å². The van der Waals surface area contributed by atoms with Gasteiger partial charge >= 0.3 is 11.9 Å². The molecule has 0 heterocycles. The highest BCUT2D eigenvalue weighted by molar-refractivity contribution is 5.70. The first-order valence-electron chi connectivity index (χ1n) is 5.40. The highest BCUT2D eigenvalue weighted by Gasteiger charge is 2.18. The molecule has 0 bridgehead atoms. The fourth-order valence-corrected chi connectivity index (χ4v) is 1.21. The van der Waals surface area contributed by atoms with Gasteiger partial charge in [-0.25, -0.2) is 0 Å². The molecule has 1 atom stereocenters. The van der Waals surface area contributed by atoms with E-state index in [4.69, 9.17) is 15.6 Å². The van der Waals surface area contributed by atoms with Crippen LogP contribution in [0.5, 0.6) is 0 Å². The molecular weight excluding hydrogens is 210 g/mol. The number of carboxylic acid groups (broad SMARTS) is 1. The largest absolute Gasteiger partial charge is 0.481 e. The van der Waals surface area contributed by atoms with E-state index in [9.17, 15) is 9.59 Å². The van der Waals surface area contributed by atoms with E-state index in [1.807, 2.05) is 0 Å². The third kappa shape index (κ3) is 9.45. The Morgan fingerprint density at radius 2 is 1.94 bits per heavy atom. The molecule has 0 aromatic rings. The van der Waals surface area contributed by atoms with Gasteiger partial charge in [-0.1, -0.05) is 0 Å². The van der Waals surface area contributed by atoms with Gasteiger partial charge in [0.25, 0.3) is 0 Å². The molecule has 0 saturated carbocycles. The minimum atomic E-state index is -0.843. The molecule has 94 valence electrons. The molecule has 0 aromatic carbocycles. The fraction of sp³-hybridized carbons (Fsp3) is 0.818. The van der Waals surface area contributed by atoms with Crippen molar-refractivity contribution in [3.8, 4) is 0 Å². The zero-order valence-electron chi connectivity index (χ0n) is 10.2. The molecule has 16 heavy (non-hydrogen) atoms. The van der Waals surface area contributed by atoms with Gasteiger partial charge in [-0.15, -0.1) is 0 Å². The average Bonchev–Trinajstić information content (AvgIpc) is 1.98. The lowest BCUT2D eigenvalue weighted by Gasteiger charge is -2.20. The lowest BCUT2D eigenvalue weighted by atomic mass is 10.1. The Labute approximate surface area is 96.0 Å². The third-order valence-electron chi connectivity index (χ3n) is 1.81. The standard InChI is InChI=1S/C11H21NO4/c1-11(2,3)16-10(15)7-8(12)5-4-6-9(13)14/h8H,4-7,12H2,1-3H3,(H,13,14)/t8-/m0/s1. The molecule has 0 radical (unpaired) electrons. The Morgan fingerprint density at radius 1 is 1.38 bits per heavy atom. The summed E-state index contributed by atoms with van der Waals surface area (Å²) in [5.41, 5.74) is 5.18. The van der Waals surface area contributed by atoms with Crippen LogP contribution in [0, 0.1) is 0 Å². The zero-order chi connectivity index (χ0) is 12.8. The summed E-state index contributed by atoms with van der Waals surface area (Å²) < 4.78 is 5.10. The number of esters is 1. The summed E-state index contributed by atoms with van der Waals surface area (Å²) in [6, 6.07) is -0.325. The van der Waals surface area contributed by atoms with E-state index < -0.39 is 11.6 Å². The Bertz CT molecular complexity index is 245. The van der Waals surface area contributed by atoms with Crippen LogP contribution in [0.25, 0.3) is 0 Å². The van der Waals surface area contributed by atoms with Gasteiger partial charge in [-0.05, 0) is 33.6 Å². The molecular formula is C11H21NO4. The van der Waals surface area contributed by atoms with Crippen molar-refractivity contribution in [2.24, 2.45) is 5.73 Å². The molecule has 0 unspecified atom stereocenters. The second kappa shape index (κ2) is 6.48. The molecule has 0 rings (SSSR count). The number of carbonyl (C=O) groups excluding carboxylic acids is 1. The molecule has 0 aliphatic heterocycles. The van der Waals surface area contributed by atoms with Crippen LogP contribution in [0.3, 0.4) is 0 Å². The van der Waals surface area contributed by atoms with Crippen molar-refractivity contribution < 1.29 is 19.4 Å². The van der Waals surface area contributed by atoms with E-state index in [0.29, 0.717) is 12.8 Å². The number of hydrogen-bond donors (Lipinski definition) is 2. The summed E-state index contributed by atoms with van der Waals surface area (Å²) >= 11 is 0. The van der Waals surface area contributed by atoms with Gasteiger partial charge in [0.05, 0.1) is 6.42 Å². The van der Waals surface area contributed by atoms with E-state index in [1.165, 1.54) is 0 Å². The summed E-state index contributed by atoms with van der Waals surface area (Å²) in [6.07, 6.45) is 1.23. The molecule has 3 N–H and O–H groups in total. The Balaban J connectivity index is 3.74. The van der Waals surface area contributed by atoms with Crippen LogP contribution in [0.2, 0.25) is 0 Å². The monoisotopic (exact) mass is 231 g/mol. The SMILES string of the molecule is CC(C)(C)OC(=O)C[C@@H](N)CCCC(=O)O. The highest BCUT2D eigenvalue weighted by atomic mass is 16.6. The molecule has 0 aliphatic rings. The lowest BCUT2D eigenvalue weighted by molar-refractivity contribution is -0.155. The van der Waals surface area contributed by atoms with Crippen molar-refractivity contribution in [1.82, 2.24) is 0 Å². The van der Waals surface area contributed by atoms with Crippen molar-refractivity contribution in [3.63, 3.8) is 0 Å². The average molecular weight is 231 g/mol. The van der Waals surface area contributed by atoms with Gasteiger partial charge < -0.3 is 15.6 Å². The first kappa shape index (κ1) is 14.9. The smallest absolute Gasteiger partial charge is 0.307 e. The number of nitrogens with two attached hydrogens (primary N) is 1. The van der Waals surface area contributed by atoms with Crippen molar-refractivity contribution in [2.75, 3.05) is 0 Å². The van der Waals surface area contributed by atoms with Crippen LogP contribution in [-0.4, -0.2) is 28.7 Å². The minimum Gasteiger partial charge on any atom is -0.481 e. The molecule has 0 saturated heterocycles. The van der Waals surface area contributed by atoms with Crippen molar-refractivity contribution in [3.05, 3.63) is 0 Å². The number of hydrogen-bond acceptors (Lipinski definition) is 4. The van der Waals surface area contributed by atoms with Gasteiger partial charge in [-0.2, -0.15) is 0 Å². The van der Waals surface area contributed by atoms with Crippen molar-refractivity contribution >= 4 is 11.9 Å². The summed E-state index contributed by atoms with van der Waals surface area (Å²) in [5, 5.41) is 8.43. The first-order chi connectivity index (χ1) is 7.20. The lowest BCUT2D eigenvalue weighted by Crippen LogP contribution is -2.30. The Kier molecular flexibility index (Phi) is 6.03. The summed E-state index contributed by atoms with van der Waals surface area (Å²) in [6.45, 7) is 5.38. The van der Waals surface area contributed by atoms with E-state index >= 15 is 0 Å². The van der Waals surface area contributed by atoms with Crippen LogP contribution in [0.1, 0.15) is 46.5 Å². The predicted octanol–water partition coefficient (Wildman–Crippen LogP) is 1.30. The van der Waals surface area contributed by atoms with Crippen LogP contribution >= 0.6 is 0 Å². The molecule has 0 aliphatic carbocycles. The van der Waals surface area contributed by atoms with E-state index in [-0.39, 0.29) is 24.9 Å². The summed E-state index contributed by atoms with van der Waals surface area (Å²) in [4.78, 5) is 21.6. The minimum absolute atomic E-state index is 0.0853. The molecule has 0 fully saturated rings. The van der Waals surface area contributed by atoms with Crippen molar-refractivity contribution in [2.45, 2.75) is 58.1 Å². The topological polar surface area (TPSA) is 89.6 Å². The van der Waals surface area contributed by atoms with Gasteiger partial charge in [0.2, 0.25) is 0 Å². The first-order valence-corrected chi connectivity index (χ1v) is 5.40. The third-order valence-corrected chi connectivity index (χ3v) is 1.81. The van der Waals surface area contributed by atoms with Crippen LogP contribution in [0.15, 0.2) is 0 Å². The second-order valence-corrected chi connectivity index (χ2v) is 4.84. The summed E-state index contributed by atoms with van der Waals surface area (Å²) in [7, 11) is 0. The normalized spacial score (nSPS) is 13.2. The van der Waals surface area contributed by atoms with Crippen LogP contribution in [0.4, 0.5) is 0 Å². The Hall–Kier alpha value is -1.10. The van der Waals surface area contributed by atoms with E-state index in [2.05, 4.69) is 0 Å². The van der Waals surface area contributed by atoms with Crippen LogP contribution in [-0.2, 0) is 14.3 Å². The Morgan fingerprint density at radius 3 is 2.38 bits per heavy atom.